The molecule has 2 aromatic rings. The second-order valence-electron chi connectivity index (χ2n) is 4.09. The number of nitrogens with zero attached hydrogens (tertiary/aromatic N) is 4. The van der Waals surface area contributed by atoms with Gasteiger partial charge in [-0.2, -0.15) is 5.10 Å². The Morgan fingerprint density at radius 3 is 3.18 bits per heavy atom. The molecule has 88 valence electrons. The van der Waals surface area contributed by atoms with Crippen LogP contribution in [0.2, 0.25) is 0 Å². The molecular formula is C10H11N5O2. The Hall–Kier alpha value is -2.02. The number of carbonyl (C=O) groups excluding carboxylic acids is 1. The maximum atomic E-state index is 11.8. The molecule has 3 heterocycles. The molecule has 0 bridgehead atoms. The molecule has 17 heavy (non-hydrogen) atoms. The maximum Gasteiger partial charge on any atom is 0.228 e. The van der Waals surface area contributed by atoms with Crippen LogP contribution in [0.5, 0.6) is 0 Å². The van der Waals surface area contributed by atoms with E-state index < -0.39 is 0 Å². The summed E-state index contributed by atoms with van der Waals surface area (Å²) in [5.41, 5.74) is 0.607. The molecule has 1 unspecified atom stereocenters. The van der Waals surface area contributed by atoms with Crippen molar-refractivity contribution in [2.24, 2.45) is 5.92 Å². The number of nitrogens with one attached hydrogen (secondary N) is 1. The number of anilines is 1. The number of H-pyrrole nitrogens is 1. The molecule has 1 amide bonds. The van der Waals surface area contributed by atoms with Crippen LogP contribution in [-0.4, -0.2) is 44.3 Å². The Morgan fingerprint density at radius 1 is 1.53 bits per heavy atom. The summed E-state index contributed by atoms with van der Waals surface area (Å²) in [6.07, 6.45) is 3.36. The van der Waals surface area contributed by atoms with E-state index in [0.29, 0.717) is 24.4 Å². The van der Waals surface area contributed by atoms with Crippen molar-refractivity contribution >= 4 is 22.8 Å². The van der Waals surface area contributed by atoms with Crippen molar-refractivity contribution in [3.8, 4) is 0 Å². The predicted octanol–water partition coefficient (Wildman–Crippen LogP) is -0.302. The Labute approximate surface area is 96.5 Å². The highest BCUT2D eigenvalue weighted by Crippen LogP contribution is 2.27. The van der Waals surface area contributed by atoms with Crippen LogP contribution in [0.25, 0.3) is 11.0 Å². The predicted molar refractivity (Wildman–Crippen MR) is 59.2 cm³/mol. The van der Waals surface area contributed by atoms with Gasteiger partial charge in [-0.15, -0.1) is 0 Å². The minimum absolute atomic E-state index is 0.0144. The lowest BCUT2D eigenvalue weighted by Gasteiger charge is -2.15. The maximum absolute atomic E-state index is 11.8. The van der Waals surface area contributed by atoms with E-state index in [1.165, 1.54) is 6.33 Å². The van der Waals surface area contributed by atoms with E-state index in [1.807, 2.05) is 0 Å². The fourth-order valence-corrected chi connectivity index (χ4v) is 2.08. The van der Waals surface area contributed by atoms with Crippen LogP contribution in [0.4, 0.5) is 5.82 Å². The molecule has 0 aromatic carbocycles. The van der Waals surface area contributed by atoms with E-state index in [1.54, 1.807) is 11.1 Å². The summed E-state index contributed by atoms with van der Waals surface area (Å²) in [5.74, 6) is 0.523. The van der Waals surface area contributed by atoms with Gasteiger partial charge in [-0.3, -0.25) is 14.8 Å². The molecule has 1 fully saturated rings. The molecule has 7 nitrogen and oxygen atoms in total. The number of amides is 1. The molecule has 0 aliphatic carbocycles. The zero-order valence-corrected chi connectivity index (χ0v) is 9.00. The van der Waals surface area contributed by atoms with Gasteiger partial charge in [0, 0.05) is 25.5 Å². The average molecular weight is 233 g/mol. The molecule has 7 heteroatoms. The van der Waals surface area contributed by atoms with Crippen molar-refractivity contribution in [3.63, 3.8) is 0 Å². The van der Waals surface area contributed by atoms with Gasteiger partial charge in [0.1, 0.15) is 12.1 Å². The lowest BCUT2D eigenvalue weighted by atomic mass is 10.1. The molecule has 0 radical (unpaired) electrons. The first kappa shape index (κ1) is 10.2. The smallest absolute Gasteiger partial charge is 0.228 e. The minimum Gasteiger partial charge on any atom is -0.396 e. The number of rotatable bonds is 2. The normalized spacial score (nSPS) is 20.4. The first-order valence-electron chi connectivity index (χ1n) is 5.35. The Kier molecular flexibility index (Phi) is 2.25. The van der Waals surface area contributed by atoms with E-state index >= 15 is 0 Å². The van der Waals surface area contributed by atoms with E-state index in [2.05, 4.69) is 20.2 Å². The summed E-state index contributed by atoms with van der Waals surface area (Å²) in [4.78, 5) is 21.6. The Balaban J connectivity index is 2.04. The van der Waals surface area contributed by atoms with Gasteiger partial charge in [0.25, 0.3) is 0 Å². The van der Waals surface area contributed by atoms with Crippen LogP contribution in [0.1, 0.15) is 6.42 Å². The van der Waals surface area contributed by atoms with Crippen LogP contribution in [-0.2, 0) is 4.79 Å². The van der Waals surface area contributed by atoms with E-state index in [9.17, 15) is 4.79 Å². The van der Waals surface area contributed by atoms with Gasteiger partial charge >= 0.3 is 0 Å². The highest BCUT2D eigenvalue weighted by Gasteiger charge is 2.32. The summed E-state index contributed by atoms with van der Waals surface area (Å²) < 4.78 is 0. The highest BCUT2D eigenvalue weighted by atomic mass is 16.3. The first-order chi connectivity index (χ1) is 8.29. The first-order valence-corrected chi connectivity index (χ1v) is 5.35. The molecule has 1 saturated heterocycles. The van der Waals surface area contributed by atoms with E-state index in [4.69, 9.17) is 5.11 Å². The molecule has 1 aliphatic rings. The summed E-state index contributed by atoms with van der Waals surface area (Å²) in [6, 6.07) is 0. The lowest BCUT2D eigenvalue weighted by Crippen LogP contribution is -2.26. The molecular weight excluding hydrogens is 222 g/mol. The Morgan fingerprint density at radius 2 is 2.41 bits per heavy atom. The molecule has 2 aromatic heterocycles. The van der Waals surface area contributed by atoms with Gasteiger partial charge in [0.05, 0.1) is 11.6 Å². The zero-order valence-electron chi connectivity index (χ0n) is 9.00. The monoisotopic (exact) mass is 233 g/mol. The second kappa shape index (κ2) is 3.77. The summed E-state index contributed by atoms with van der Waals surface area (Å²) in [5, 5.41) is 16.4. The second-order valence-corrected chi connectivity index (χ2v) is 4.09. The number of carbonyl (C=O) groups is 1. The number of aromatic amines is 1. The van der Waals surface area contributed by atoms with Gasteiger partial charge in [-0.25, -0.2) is 9.97 Å². The van der Waals surface area contributed by atoms with Crippen molar-refractivity contribution in [1.82, 2.24) is 20.2 Å². The number of aliphatic hydroxyl groups is 1. The summed E-state index contributed by atoms with van der Waals surface area (Å²) in [7, 11) is 0. The largest absolute Gasteiger partial charge is 0.396 e. The van der Waals surface area contributed by atoms with Crippen molar-refractivity contribution in [3.05, 3.63) is 12.5 Å². The third-order valence-corrected chi connectivity index (χ3v) is 2.95. The van der Waals surface area contributed by atoms with Crippen LogP contribution < -0.4 is 4.90 Å². The average Bonchev–Trinajstić information content (AvgIpc) is 2.94. The molecule has 2 N–H and O–H groups in total. The van der Waals surface area contributed by atoms with Crippen LogP contribution in [0, 0.1) is 5.92 Å². The third-order valence-electron chi connectivity index (χ3n) is 2.95. The molecule has 1 atom stereocenters. The number of aliphatic hydroxyl groups excluding tert-OH is 1. The number of fused-ring (bicyclic) bond motifs is 1. The topological polar surface area (TPSA) is 95.0 Å². The lowest BCUT2D eigenvalue weighted by molar-refractivity contribution is -0.117. The summed E-state index contributed by atoms with van der Waals surface area (Å²) in [6.45, 7) is 0.508. The zero-order chi connectivity index (χ0) is 11.8. The van der Waals surface area contributed by atoms with Gasteiger partial charge in [-0.05, 0) is 0 Å². The number of hydrogen-bond acceptors (Lipinski definition) is 5. The van der Waals surface area contributed by atoms with Crippen LogP contribution >= 0.6 is 0 Å². The Bertz CT molecular complexity index is 567. The molecule has 0 spiro atoms. The fourth-order valence-electron chi connectivity index (χ4n) is 2.08. The number of hydrogen-bond donors (Lipinski definition) is 2. The highest BCUT2D eigenvalue weighted by molar-refractivity contribution is 6.01. The van der Waals surface area contributed by atoms with E-state index in [0.717, 1.165) is 5.39 Å². The van der Waals surface area contributed by atoms with Crippen molar-refractivity contribution < 1.29 is 9.90 Å². The third kappa shape index (κ3) is 1.55. The quantitative estimate of drug-likeness (QED) is 0.742. The number of aromatic nitrogens is 4. The van der Waals surface area contributed by atoms with Gasteiger partial charge in [0.15, 0.2) is 5.65 Å². The van der Waals surface area contributed by atoms with Gasteiger partial charge in [-0.1, -0.05) is 0 Å². The van der Waals surface area contributed by atoms with Crippen molar-refractivity contribution in [2.75, 3.05) is 18.1 Å². The summed E-state index contributed by atoms with van der Waals surface area (Å²) >= 11 is 0. The standard InChI is InChI=1S/C10H11N5O2/c16-4-6-1-8(17)15(3-6)10-7-2-13-14-9(7)11-5-12-10/h2,5-6,16H,1,3-4H2,(H,11,12,13,14). The molecule has 0 saturated carbocycles. The minimum atomic E-state index is -0.0229. The van der Waals surface area contributed by atoms with Crippen LogP contribution in [0.3, 0.4) is 0 Å². The molecule has 1 aliphatic heterocycles. The SMILES string of the molecule is O=C1CC(CO)CN1c1ncnc2[nH]ncc12. The van der Waals surface area contributed by atoms with Gasteiger partial charge in [0.2, 0.25) is 5.91 Å². The van der Waals surface area contributed by atoms with Crippen molar-refractivity contribution in [1.29, 1.82) is 0 Å². The van der Waals surface area contributed by atoms with Crippen molar-refractivity contribution in [2.45, 2.75) is 6.42 Å². The van der Waals surface area contributed by atoms with E-state index in [-0.39, 0.29) is 18.4 Å². The molecule has 3 rings (SSSR count). The fraction of sp³-hybridized carbons (Fsp3) is 0.400. The van der Waals surface area contributed by atoms with Gasteiger partial charge < -0.3 is 5.11 Å². The van der Waals surface area contributed by atoms with Crippen LogP contribution in [0.15, 0.2) is 12.5 Å².